The van der Waals surface area contributed by atoms with Crippen LogP contribution in [0.1, 0.15) is 5.56 Å². The van der Waals surface area contributed by atoms with Gasteiger partial charge in [-0.2, -0.15) is 0 Å². The molecule has 2 aromatic rings. The Labute approximate surface area is 110 Å². The number of hydrogen-bond acceptors (Lipinski definition) is 3. The molecule has 92 valence electrons. The van der Waals surface area contributed by atoms with E-state index < -0.39 is 0 Å². The van der Waals surface area contributed by atoms with Crippen LogP contribution < -0.4 is 14.2 Å². The molecule has 0 fully saturated rings. The predicted molar refractivity (Wildman–Crippen MR) is 68.3 cm³/mol. The van der Waals surface area contributed by atoms with Crippen LogP contribution in [-0.2, 0) is 6.61 Å². The van der Waals surface area contributed by atoms with Crippen LogP contribution in [0.25, 0.3) is 0 Å². The van der Waals surface area contributed by atoms with E-state index in [0.717, 1.165) is 17.1 Å². The van der Waals surface area contributed by atoms with Crippen molar-refractivity contribution in [3.8, 4) is 17.2 Å². The molecule has 0 atom stereocenters. The topological polar surface area (TPSA) is 27.7 Å². The van der Waals surface area contributed by atoms with Crippen molar-refractivity contribution in [2.75, 3.05) is 6.79 Å². The Hall–Kier alpha value is -1.87. The predicted octanol–water partition coefficient (Wildman–Crippen LogP) is 3.65. The lowest BCUT2D eigenvalue weighted by Gasteiger charge is -2.08. The summed E-state index contributed by atoms with van der Waals surface area (Å²) in [6.07, 6.45) is 0. The Kier molecular flexibility index (Phi) is 2.99. The average Bonchev–Trinajstić information content (AvgIpc) is 2.85. The summed E-state index contributed by atoms with van der Waals surface area (Å²) in [4.78, 5) is 0. The van der Waals surface area contributed by atoms with E-state index in [9.17, 15) is 0 Å². The second-order valence-electron chi connectivity index (χ2n) is 3.90. The highest BCUT2D eigenvalue weighted by Gasteiger charge is 2.13. The van der Waals surface area contributed by atoms with E-state index in [-0.39, 0.29) is 6.79 Å². The fraction of sp³-hybridized carbons (Fsp3) is 0.143. The van der Waals surface area contributed by atoms with E-state index in [4.69, 9.17) is 25.8 Å². The number of rotatable bonds is 3. The Morgan fingerprint density at radius 3 is 2.78 bits per heavy atom. The molecular weight excluding hydrogens is 252 g/mol. The van der Waals surface area contributed by atoms with Gasteiger partial charge in [-0.1, -0.05) is 29.8 Å². The van der Waals surface area contributed by atoms with Crippen molar-refractivity contribution in [2.24, 2.45) is 0 Å². The van der Waals surface area contributed by atoms with Crippen molar-refractivity contribution in [1.29, 1.82) is 0 Å². The van der Waals surface area contributed by atoms with Crippen molar-refractivity contribution >= 4 is 11.6 Å². The first-order valence-electron chi connectivity index (χ1n) is 5.59. The summed E-state index contributed by atoms with van der Waals surface area (Å²) in [5, 5.41) is 0.707. The molecule has 0 spiro atoms. The molecule has 0 saturated carbocycles. The van der Waals surface area contributed by atoms with Crippen molar-refractivity contribution in [1.82, 2.24) is 0 Å². The Bertz CT molecular complexity index is 569. The van der Waals surface area contributed by atoms with Crippen molar-refractivity contribution in [2.45, 2.75) is 6.61 Å². The molecule has 0 amide bonds. The van der Waals surface area contributed by atoms with E-state index >= 15 is 0 Å². The zero-order valence-corrected chi connectivity index (χ0v) is 10.3. The number of benzene rings is 2. The molecule has 1 aliphatic rings. The lowest BCUT2D eigenvalue weighted by molar-refractivity contribution is 0.173. The number of fused-ring (bicyclic) bond motifs is 1. The van der Waals surface area contributed by atoms with Crippen LogP contribution in [0.3, 0.4) is 0 Å². The molecular formula is C14H11ClO3. The van der Waals surface area contributed by atoms with Gasteiger partial charge in [0.15, 0.2) is 11.5 Å². The molecule has 0 aromatic heterocycles. The minimum absolute atomic E-state index is 0.267. The third-order valence-electron chi connectivity index (χ3n) is 2.70. The number of ether oxygens (including phenoxy) is 3. The second kappa shape index (κ2) is 4.78. The highest BCUT2D eigenvalue weighted by molar-refractivity contribution is 6.31. The standard InChI is InChI=1S/C14H11ClO3/c15-12-4-2-1-3-10(12)8-16-11-5-6-13-14(7-11)18-9-17-13/h1-7H,8-9H2. The van der Waals surface area contributed by atoms with Gasteiger partial charge in [-0.3, -0.25) is 0 Å². The summed E-state index contributed by atoms with van der Waals surface area (Å²) in [5.41, 5.74) is 0.955. The van der Waals surface area contributed by atoms with Crippen LogP contribution in [-0.4, -0.2) is 6.79 Å². The monoisotopic (exact) mass is 262 g/mol. The molecule has 1 heterocycles. The van der Waals surface area contributed by atoms with Gasteiger partial charge < -0.3 is 14.2 Å². The maximum absolute atomic E-state index is 6.06. The molecule has 3 nitrogen and oxygen atoms in total. The summed E-state index contributed by atoms with van der Waals surface area (Å²) < 4.78 is 16.2. The van der Waals surface area contributed by atoms with Crippen LogP contribution in [0.4, 0.5) is 0 Å². The normalized spacial score (nSPS) is 12.5. The van der Waals surface area contributed by atoms with Gasteiger partial charge in [0.25, 0.3) is 0 Å². The first-order chi connectivity index (χ1) is 8.83. The van der Waals surface area contributed by atoms with E-state index in [1.54, 1.807) is 0 Å². The second-order valence-corrected chi connectivity index (χ2v) is 4.30. The van der Waals surface area contributed by atoms with Crippen molar-refractivity contribution < 1.29 is 14.2 Å². The van der Waals surface area contributed by atoms with Gasteiger partial charge in [0, 0.05) is 16.7 Å². The molecule has 0 unspecified atom stereocenters. The first-order valence-corrected chi connectivity index (χ1v) is 5.96. The van der Waals surface area contributed by atoms with Gasteiger partial charge in [-0.25, -0.2) is 0 Å². The largest absolute Gasteiger partial charge is 0.489 e. The van der Waals surface area contributed by atoms with E-state index in [2.05, 4.69) is 0 Å². The highest BCUT2D eigenvalue weighted by Crippen LogP contribution is 2.35. The third kappa shape index (κ3) is 2.22. The van der Waals surface area contributed by atoms with Gasteiger partial charge in [0.2, 0.25) is 6.79 Å². The molecule has 1 aliphatic heterocycles. The van der Waals surface area contributed by atoms with Crippen LogP contribution >= 0.6 is 11.6 Å². The average molecular weight is 263 g/mol. The van der Waals surface area contributed by atoms with Crippen LogP contribution in [0, 0.1) is 0 Å². The van der Waals surface area contributed by atoms with Gasteiger partial charge in [0.1, 0.15) is 12.4 Å². The summed E-state index contributed by atoms with van der Waals surface area (Å²) in [6.45, 7) is 0.697. The lowest BCUT2D eigenvalue weighted by atomic mass is 10.2. The maximum atomic E-state index is 6.06. The number of halogens is 1. The van der Waals surface area contributed by atoms with Gasteiger partial charge in [-0.15, -0.1) is 0 Å². The smallest absolute Gasteiger partial charge is 0.231 e. The molecule has 0 bridgehead atoms. The summed E-state index contributed by atoms with van der Waals surface area (Å²) in [7, 11) is 0. The van der Waals surface area contributed by atoms with Crippen LogP contribution in [0.5, 0.6) is 17.2 Å². The van der Waals surface area contributed by atoms with Gasteiger partial charge in [0.05, 0.1) is 0 Å². The van der Waals surface area contributed by atoms with Crippen LogP contribution in [0.2, 0.25) is 5.02 Å². The number of hydrogen-bond donors (Lipinski definition) is 0. The molecule has 0 N–H and O–H groups in total. The lowest BCUT2D eigenvalue weighted by Crippen LogP contribution is -1.96. The molecule has 2 aromatic carbocycles. The summed E-state index contributed by atoms with van der Waals surface area (Å²) >= 11 is 6.06. The molecule has 0 radical (unpaired) electrons. The zero-order valence-electron chi connectivity index (χ0n) is 9.56. The first kappa shape index (κ1) is 11.2. The van der Waals surface area contributed by atoms with Gasteiger partial charge >= 0.3 is 0 Å². The Balaban J connectivity index is 1.72. The van der Waals surface area contributed by atoms with E-state index in [1.807, 2.05) is 42.5 Å². The Morgan fingerprint density at radius 1 is 1.06 bits per heavy atom. The fourth-order valence-corrected chi connectivity index (χ4v) is 1.93. The third-order valence-corrected chi connectivity index (χ3v) is 3.06. The minimum Gasteiger partial charge on any atom is -0.489 e. The SMILES string of the molecule is Clc1ccccc1COc1ccc2c(c1)OCO2. The highest BCUT2D eigenvalue weighted by atomic mass is 35.5. The van der Waals surface area contributed by atoms with E-state index in [0.29, 0.717) is 17.4 Å². The maximum Gasteiger partial charge on any atom is 0.231 e. The molecule has 18 heavy (non-hydrogen) atoms. The van der Waals surface area contributed by atoms with Crippen LogP contribution in [0.15, 0.2) is 42.5 Å². The molecule has 3 rings (SSSR count). The van der Waals surface area contributed by atoms with Gasteiger partial charge in [-0.05, 0) is 18.2 Å². The quantitative estimate of drug-likeness (QED) is 0.845. The summed E-state index contributed by atoms with van der Waals surface area (Å²) in [5.74, 6) is 2.20. The molecule has 4 heteroatoms. The Morgan fingerprint density at radius 2 is 1.89 bits per heavy atom. The van der Waals surface area contributed by atoms with Crippen molar-refractivity contribution in [3.63, 3.8) is 0 Å². The fourth-order valence-electron chi connectivity index (χ4n) is 1.74. The zero-order chi connectivity index (χ0) is 12.4. The summed E-state index contributed by atoms with van der Waals surface area (Å²) in [6, 6.07) is 13.1. The van der Waals surface area contributed by atoms with Crippen molar-refractivity contribution in [3.05, 3.63) is 53.1 Å². The van der Waals surface area contributed by atoms with E-state index in [1.165, 1.54) is 0 Å². The molecule has 0 aliphatic carbocycles. The molecule has 0 saturated heterocycles. The minimum atomic E-state index is 0.267.